The number of alkyl halides is 4. The third-order valence-corrected chi connectivity index (χ3v) is 10.0. The van der Waals surface area contributed by atoms with Crippen LogP contribution in [0.2, 0.25) is 0 Å². The number of hydrogen-bond donors (Lipinski definition) is 2. The van der Waals surface area contributed by atoms with Crippen LogP contribution in [0.1, 0.15) is 58.4 Å². The van der Waals surface area contributed by atoms with Crippen molar-refractivity contribution in [1.29, 1.82) is 0 Å². The maximum atomic E-state index is 13.9. The molecule has 0 aliphatic carbocycles. The summed E-state index contributed by atoms with van der Waals surface area (Å²) in [7, 11) is 1.64. The van der Waals surface area contributed by atoms with Gasteiger partial charge in [0.1, 0.15) is 35.9 Å². The third kappa shape index (κ3) is 10.4. The van der Waals surface area contributed by atoms with Crippen LogP contribution in [0.5, 0.6) is 11.5 Å². The van der Waals surface area contributed by atoms with Gasteiger partial charge in [-0.3, -0.25) is 14.5 Å². The monoisotopic (exact) mass is 731 g/mol. The van der Waals surface area contributed by atoms with Gasteiger partial charge in [0.15, 0.2) is 0 Å². The molecule has 2 N–H and O–H groups in total. The number of carboxylic acid groups (broad SMARTS) is 1. The number of piperidine rings is 2. The van der Waals surface area contributed by atoms with Gasteiger partial charge in [0.25, 0.3) is 5.92 Å². The van der Waals surface area contributed by atoms with Gasteiger partial charge in [-0.25, -0.2) is 17.6 Å². The van der Waals surface area contributed by atoms with Crippen molar-refractivity contribution in [1.82, 2.24) is 15.1 Å². The number of nitrogens with zero attached hydrogens (tertiary/aromatic N) is 2. The molecule has 0 saturated carbocycles. The van der Waals surface area contributed by atoms with Crippen LogP contribution in [0.4, 0.5) is 17.6 Å². The fraction of sp³-hybridized carbons (Fsp3) is 0.550. The first-order valence-electron chi connectivity index (χ1n) is 18.2. The summed E-state index contributed by atoms with van der Waals surface area (Å²) in [6.07, 6.45) is 0.471. The smallest absolute Gasteiger partial charge is 0.303 e. The highest BCUT2D eigenvalue weighted by Crippen LogP contribution is 2.45. The SMILES string of the molecule is CCNC(=O)C1(C(C)(F)F)CCN(CC(C)F)CC1.COc1cccc(OCCN2CCCC(F)C2)c1-c1cccc2c(CCC(=O)O)cccc12. The molecule has 0 spiro atoms. The summed E-state index contributed by atoms with van der Waals surface area (Å²) >= 11 is 0. The first-order chi connectivity index (χ1) is 24.8. The number of rotatable bonds is 14. The van der Waals surface area contributed by atoms with Crippen LogP contribution in [0.25, 0.3) is 21.9 Å². The number of carbonyl (C=O) groups excluding carboxylic acids is 1. The quantitative estimate of drug-likeness (QED) is 0.166. The fourth-order valence-corrected chi connectivity index (χ4v) is 7.27. The number of ether oxygens (including phenoxy) is 2. The van der Waals surface area contributed by atoms with Crippen molar-refractivity contribution in [3.05, 3.63) is 60.2 Å². The van der Waals surface area contributed by atoms with Gasteiger partial charge in [-0.15, -0.1) is 0 Å². The molecule has 12 heteroatoms. The summed E-state index contributed by atoms with van der Waals surface area (Å²) < 4.78 is 66.3. The van der Waals surface area contributed by atoms with Crippen LogP contribution in [0.3, 0.4) is 0 Å². The van der Waals surface area contributed by atoms with Crippen LogP contribution in [-0.2, 0) is 16.0 Å². The molecule has 8 nitrogen and oxygen atoms in total. The van der Waals surface area contributed by atoms with E-state index in [1.165, 1.54) is 6.92 Å². The van der Waals surface area contributed by atoms with Crippen molar-refractivity contribution < 1.29 is 41.7 Å². The molecule has 2 fully saturated rings. The molecule has 0 bridgehead atoms. The van der Waals surface area contributed by atoms with Gasteiger partial charge in [-0.05, 0) is 99.6 Å². The van der Waals surface area contributed by atoms with Gasteiger partial charge >= 0.3 is 5.97 Å². The number of carboxylic acids is 1. The van der Waals surface area contributed by atoms with Gasteiger partial charge in [-0.2, -0.15) is 0 Å². The molecule has 0 aromatic heterocycles. The molecule has 2 aliphatic heterocycles. The first kappa shape index (κ1) is 40.9. The van der Waals surface area contributed by atoms with E-state index in [0.29, 0.717) is 63.7 Å². The molecular weight excluding hydrogens is 678 g/mol. The Balaban J connectivity index is 0.000000272. The molecule has 5 rings (SSSR count). The average molecular weight is 732 g/mol. The van der Waals surface area contributed by atoms with Crippen molar-refractivity contribution in [2.75, 3.05) is 59.5 Å². The van der Waals surface area contributed by atoms with Gasteiger partial charge < -0.3 is 24.8 Å². The number of likely N-dealkylation sites (tertiary alicyclic amines) is 2. The zero-order chi connectivity index (χ0) is 37.9. The molecular formula is C40H53F4N3O5. The Morgan fingerprint density at radius 2 is 1.69 bits per heavy atom. The van der Waals surface area contributed by atoms with Gasteiger partial charge in [-0.1, -0.05) is 42.5 Å². The lowest BCUT2D eigenvalue weighted by atomic mass is 9.72. The Morgan fingerprint density at radius 1 is 1.02 bits per heavy atom. The predicted octanol–water partition coefficient (Wildman–Crippen LogP) is 7.56. The van der Waals surface area contributed by atoms with Crippen molar-refractivity contribution in [3.63, 3.8) is 0 Å². The third-order valence-electron chi connectivity index (χ3n) is 10.0. The van der Waals surface area contributed by atoms with E-state index in [2.05, 4.69) is 10.2 Å². The van der Waals surface area contributed by atoms with Gasteiger partial charge in [0.2, 0.25) is 5.91 Å². The number of aliphatic carboxylic acids is 1. The number of halogens is 4. The van der Waals surface area contributed by atoms with E-state index in [9.17, 15) is 27.2 Å². The zero-order valence-electron chi connectivity index (χ0n) is 30.7. The van der Waals surface area contributed by atoms with Crippen LogP contribution in [-0.4, -0.2) is 105 Å². The molecule has 2 saturated heterocycles. The number of hydrogen-bond acceptors (Lipinski definition) is 6. The highest BCUT2D eigenvalue weighted by Gasteiger charge is 2.56. The number of benzene rings is 3. The molecule has 3 aromatic carbocycles. The Hall–Kier alpha value is -3.90. The molecule has 2 unspecified atom stereocenters. The number of carbonyl (C=O) groups is 2. The molecule has 2 aliphatic rings. The highest BCUT2D eigenvalue weighted by molar-refractivity contribution is 6.01. The fourth-order valence-electron chi connectivity index (χ4n) is 7.27. The lowest BCUT2D eigenvalue weighted by Crippen LogP contribution is -2.57. The Labute approximate surface area is 304 Å². The van der Waals surface area contributed by atoms with Crippen molar-refractivity contribution >= 4 is 22.6 Å². The number of fused-ring (bicyclic) bond motifs is 1. The second kappa shape index (κ2) is 18.7. The van der Waals surface area contributed by atoms with E-state index in [4.69, 9.17) is 14.6 Å². The van der Waals surface area contributed by atoms with Crippen molar-refractivity contribution in [2.24, 2.45) is 5.41 Å². The number of nitrogens with one attached hydrogen (secondary N) is 1. The van der Waals surface area contributed by atoms with Crippen LogP contribution in [0.15, 0.2) is 54.6 Å². The highest BCUT2D eigenvalue weighted by atomic mass is 19.3. The minimum Gasteiger partial charge on any atom is -0.496 e. The largest absolute Gasteiger partial charge is 0.496 e. The maximum absolute atomic E-state index is 13.9. The van der Waals surface area contributed by atoms with Gasteiger partial charge in [0.05, 0.1) is 12.7 Å². The lowest BCUT2D eigenvalue weighted by molar-refractivity contribution is -0.167. The lowest BCUT2D eigenvalue weighted by Gasteiger charge is -2.43. The molecule has 2 heterocycles. The molecule has 52 heavy (non-hydrogen) atoms. The molecule has 0 radical (unpaired) electrons. The van der Waals surface area contributed by atoms with E-state index < -0.39 is 35.6 Å². The molecule has 2 atom stereocenters. The van der Waals surface area contributed by atoms with Crippen LogP contribution >= 0.6 is 0 Å². The minimum atomic E-state index is -3.07. The molecule has 3 aromatic rings. The van der Waals surface area contributed by atoms with E-state index >= 15 is 0 Å². The Kier molecular flexibility index (Phi) is 14.7. The summed E-state index contributed by atoms with van der Waals surface area (Å²) in [6, 6.07) is 17.8. The van der Waals surface area contributed by atoms with Crippen LogP contribution < -0.4 is 14.8 Å². The second-order valence-corrected chi connectivity index (χ2v) is 13.8. The standard InChI is InChI=1S/C27H30FNO4.C13H23F3N2O/c1-32-24-11-4-12-25(33-17-16-29-15-5-7-20(28)18-29)27(24)23-10-3-8-21-19(13-14-26(30)31)6-2-9-22(21)23;1-4-17-11(19)13(12(3,15)16)5-7-18(8-6-13)9-10(2)14/h2-4,6,8-12,20H,5,7,13-18H2,1H3,(H,30,31);10H,4-9H2,1-3H3,(H,17,19). The number of amides is 1. The Morgan fingerprint density at radius 3 is 2.33 bits per heavy atom. The summed E-state index contributed by atoms with van der Waals surface area (Å²) in [6.45, 7) is 7.68. The average Bonchev–Trinajstić information content (AvgIpc) is 3.10. The summed E-state index contributed by atoms with van der Waals surface area (Å²) in [5, 5.41) is 13.7. The van der Waals surface area contributed by atoms with Crippen molar-refractivity contribution in [3.8, 4) is 22.6 Å². The minimum absolute atomic E-state index is 0.0645. The van der Waals surface area contributed by atoms with Gasteiger partial charge in [0, 0.05) is 39.5 Å². The molecule has 286 valence electrons. The zero-order valence-corrected chi connectivity index (χ0v) is 30.7. The van der Waals surface area contributed by atoms with E-state index in [0.717, 1.165) is 47.4 Å². The Bertz CT molecular complexity index is 1620. The second-order valence-electron chi connectivity index (χ2n) is 13.8. The first-order valence-corrected chi connectivity index (χ1v) is 18.2. The summed E-state index contributed by atoms with van der Waals surface area (Å²) in [4.78, 5) is 27.0. The molecule has 1 amide bonds. The normalized spacial score (nSPS) is 18.6. The summed E-state index contributed by atoms with van der Waals surface area (Å²) in [5.74, 6) is -3.05. The van der Waals surface area contributed by atoms with E-state index in [1.807, 2.05) is 54.6 Å². The summed E-state index contributed by atoms with van der Waals surface area (Å²) in [5.41, 5.74) is 1.18. The number of methoxy groups -OCH3 is 1. The van der Waals surface area contributed by atoms with E-state index in [-0.39, 0.29) is 25.8 Å². The van der Waals surface area contributed by atoms with E-state index in [1.54, 1.807) is 18.9 Å². The number of aryl methyl sites for hydroxylation is 1. The van der Waals surface area contributed by atoms with Crippen molar-refractivity contribution in [2.45, 2.75) is 77.6 Å². The topological polar surface area (TPSA) is 91.3 Å². The van der Waals surface area contributed by atoms with Crippen LogP contribution in [0, 0.1) is 5.41 Å². The predicted molar refractivity (Wildman–Crippen MR) is 196 cm³/mol. The maximum Gasteiger partial charge on any atom is 0.303 e.